The van der Waals surface area contributed by atoms with E-state index >= 15 is 0 Å². The van der Waals surface area contributed by atoms with Crippen molar-refractivity contribution >= 4 is 0 Å². The van der Waals surface area contributed by atoms with E-state index < -0.39 is 51.0 Å². The lowest BCUT2D eigenvalue weighted by Crippen LogP contribution is -2.39. The lowest BCUT2D eigenvalue weighted by Gasteiger charge is -2.39. The molecule has 0 unspecified atom stereocenters. The van der Waals surface area contributed by atoms with Gasteiger partial charge in [-0.05, 0) is 210 Å². The van der Waals surface area contributed by atoms with Crippen LogP contribution < -0.4 is 0 Å². The molecule has 0 rings (SSSR count). The number of hydrogen-bond donors (Lipinski definition) is 0. The molecule has 7 atom stereocenters. The molecule has 0 aromatic rings. The van der Waals surface area contributed by atoms with Gasteiger partial charge in [0.1, 0.15) is 51.0 Å². The van der Waals surface area contributed by atoms with E-state index in [9.17, 15) is 39.5 Å². The monoisotopic (exact) mass is 1430 g/mol. The van der Waals surface area contributed by atoms with Crippen LogP contribution in [0.3, 0.4) is 0 Å². The molecule has 0 amide bonds. The predicted molar refractivity (Wildman–Crippen MR) is 431 cm³/mol. The molecule has 0 heterocycles. The molecule has 0 aliphatic rings. The summed E-state index contributed by atoms with van der Waals surface area (Å²) in [5, 5.41) is 0. The molecule has 606 valence electrons. The van der Waals surface area contributed by atoms with Crippen LogP contribution in [0.5, 0.6) is 0 Å². The summed E-state index contributed by atoms with van der Waals surface area (Å²) in [6.07, 6.45) is 19.5. The summed E-state index contributed by atoms with van der Waals surface area (Å²) in [7, 11) is 0. The zero-order chi connectivity index (χ0) is 80.7. The quantitative estimate of drug-likeness (QED) is 0.0544. The van der Waals surface area contributed by atoms with Gasteiger partial charge >= 0.3 is 0 Å². The lowest BCUT2D eigenvalue weighted by molar-refractivity contribution is 0.00460. The van der Waals surface area contributed by atoms with Crippen molar-refractivity contribution in [2.24, 2.45) is 81.8 Å². The molecule has 0 bridgehead atoms. The van der Waals surface area contributed by atoms with Crippen molar-refractivity contribution in [1.82, 2.24) is 0 Å². The second-order valence-corrected chi connectivity index (χ2v) is 34.6. The van der Waals surface area contributed by atoms with Crippen LogP contribution in [0.25, 0.3) is 0 Å². The Labute approximate surface area is 614 Å². The molecule has 0 N–H and O–H groups in total. The highest BCUT2D eigenvalue weighted by molar-refractivity contribution is 4.93. The van der Waals surface area contributed by atoms with Crippen LogP contribution in [0.15, 0.2) is 0 Å². The van der Waals surface area contributed by atoms with E-state index in [0.29, 0.717) is 75.0 Å². The molecule has 0 aromatic heterocycles. The second-order valence-electron chi connectivity index (χ2n) is 34.6. The second kappa shape index (κ2) is 56.7. The van der Waals surface area contributed by atoms with E-state index in [1.807, 2.05) is 96.9 Å². The van der Waals surface area contributed by atoms with Gasteiger partial charge in [0.25, 0.3) is 0 Å². The summed E-state index contributed by atoms with van der Waals surface area (Å²) in [5.74, 6) is 3.20. The Kier molecular flexibility index (Phi) is 67.0. The van der Waals surface area contributed by atoms with Crippen LogP contribution in [0, 0.1) is 81.8 Å². The van der Waals surface area contributed by atoms with E-state index in [4.69, 9.17) is 0 Å². The molecule has 9 heteroatoms. The summed E-state index contributed by atoms with van der Waals surface area (Å²) in [5.41, 5.74) is -9.01. The van der Waals surface area contributed by atoms with Crippen molar-refractivity contribution in [2.75, 3.05) is 0 Å². The highest BCUT2D eigenvalue weighted by atomic mass is 19.2. The topological polar surface area (TPSA) is 0 Å². The van der Waals surface area contributed by atoms with Gasteiger partial charge in [-0.15, -0.1) is 0 Å². The lowest BCUT2D eigenvalue weighted by atomic mass is 9.70. The van der Waals surface area contributed by atoms with Crippen molar-refractivity contribution in [2.45, 2.75) is 496 Å². The minimum absolute atomic E-state index is 0.123. The standard InChI is InChI=1S/C12H25F.2C11H23F.3C10H21F.C9H19F.2C8H17F/c1-7-8-12(6,13)11(9(2)3)10(4)5;1-7-11(6,12)10(8(2)3)9(4)5;1-6-9-11(5,12)10(4,7-2)8-3;1-6-9(4,7-2)10(5,11)8-3;1-6-9(7-2)10(5,11)8(3)4;1-5-8-10(4,11)9(6-2)7-3;1-5-8(6-2)9(4,10)7-3;1-6(2)8(5,9)7(3)4;1-4-6-8(3,9)7-5-2/h9-11H,7-8H2,1-6H3;8-10H,7H2,1-6H3;6-9H2,1-5H3;6-8H2,1-5H3;8-9H,6-7H2,1-5H3;9H,5-8H2,1-4H3;8H,5-7H2,1-4H3;6-7H,1-5H3;4-7H2,1-3H3/t12-;2*11-;3*10-;9-;;/m0000000../s1. The minimum atomic E-state index is -1.00. The first kappa shape index (κ1) is 116. The third-order valence-corrected chi connectivity index (χ3v) is 24.5. The molecule has 0 saturated heterocycles. The van der Waals surface area contributed by atoms with Crippen molar-refractivity contribution in [3.8, 4) is 0 Å². The summed E-state index contributed by atoms with van der Waals surface area (Å²) in [6, 6.07) is 0. The Hall–Kier alpha value is -0.630. The van der Waals surface area contributed by atoms with Crippen LogP contribution in [0.4, 0.5) is 39.5 Å². The molecule has 0 aromatic carbocycles. The Morgan fingerprint density at radius 3 is 0.612 bits per heavy atom. The number of rotatable bonds is 37. The summed E-state index contributed by atoms with van der Waals surface area (Å²) >= 11 is 0. The molecule has 0 aliphatic heterocycles. The maximum atomic E-state index is 14.3. The van der Waals surface area contributed by atoms with Crippen LogP contribution in [0.2, 0.25) is 0 Å². The van der Waals surface area contributed by atoms with Gasteiger partial charge in [0.05, 0.1) is 0 Å². The third-order valence-electron chi connectivity index (χ3n) is 24.5. The van der Waals surface area contributed by atoms with Gasteiger partial charge in [0.2, 0.25) is 0 Å². The first-order valence-electron chi connectivity index (χ1n) is 41.3. The Morgan fingerprint density at radius 2 is 0.459 bits per heavy atom. The highest BCUT2D eigenvalue weighted by Crippen LogP contribution is 2.45. The van der Waals surface area contributed by atoms with E-state index in [1.54, 1.807) is 62.3 Å². The van der Waals surface area contributed by atoms with Crippen LogP contribution in [-0.2, 0) is 0 Å². The molecule has 98 heavy (non-hydrogen) atoms. The average molecular weight is 1430 g/mol. The van der Waals surface area contributed by atoms with Gasteiger partial charge in [0, 0.05) is 10.8 Å². The largest absolute Gasteiger partial charge is 0.244 e. The predicted octanol–water partition coefficient (Wildman–Crippen LogP) is 34.4. The van der Waals surface area contributed by atoms with Crippen LogP contribution >= 0.6 is 0 Å². The van der Waals surface area contributed by atoms with Gasteiger partial charge in [0.15, 0.2) is 0 Å². The average Bonchev–Trinajstić information content (AvgIpc) is 0.835. The summed E-state index contributed by atoms with van der Waals surface area (Å²) in [4.78, 5) is 0. The third kappa shape index (κ3) is 47.0. The highest BCUT2D eigenvalue weighted by Gasteiger charge is 2.43. The number of hydrogen-bond acceptors (Lipinski definition) is 0. The van der Waals surface area contributed by atoms with E-state index in [-0.39, 0.29) is 58.2 Å². The smallest absolute Gasteiger partial charge is 0.113 e. The summed E-state index contributed by atoms with van der Waals surface area (Å²) in [6.45, 7) is 84.8. The molecule has 0 radical (unpaired) electrons. The van der Waals surface area contributed by atoms with Crippen molar-refractivity contribution in [3.05, 3.63) is 0 Å². The van der Waals surface area contributed by atoms with E-state index in [1.165, 1.54) is 0 Å². The fourth-order valence-corrected chi connectivity index (χ4v) is 15.0. The molecule has 0 fully saturated rings. The van der Waals surface area contributed by atoms with Gasteiger partial charge < -0.3 is 0 Å². The van der Waals surface area contributed by atoms with Crippen LogP contribution in [-0.4, -0.2) is 51.0 Å². The molecular formula is C89H187F9. The first-order valence-corrected chi connectivity index (χ1v) is 41.3. The zero-order valence-electron chi connectivity index (χ0n) is 75.1. The Bertz CT molecular complexity index is 1670. The molecular weight excluding hydrogens is 1240 g/mol. The number of halogens is 9. The normalized spacial score (nSPS) is 16.5. The van der Waals surface area contributed by atoms with Gasteiger partial charge in [-0.1, -0.05) is 306 Å². The zero-order valence-corrected chi connectivity index (χ0v) is 75.1. The maximum absolute atomic E-state index is 14.3. The fourth-order valence-electron chi connectivity index (χ4n) is 15.0. The SMILES string of the molecule is CC(C)C(C)(F)C(C)C.CCC(C)(CC)[C@@](C)(F)CC.CCC(CC)[C@@](C)(F)C(C)C.CCC(CC)[C@@](C)(F)CC.CCCC(C)(F)CCC.CCC[C@](C)(F)C(C(C)C)C(C)C.CCC[C@](C)(F)C(C)(CC)CC.CCC[C@](C)(F)C(CC)CC.CC[C@](C)(F)C(C(C)C)C(C)C. The first-order chi connectivity index (χ1) is 44.1. The van der Waals surface area contributed by atoms with Crippen molar-refractivity contribution < 1.29 is 39.5 Å². The minimum Gasteiger partial charge on any atom is -0.244 e. The molecule has 0 aliphatic carbocycles. The number of alkyl halides is 9. The van der Waals surface area contributed by atoms with Gasteiger partial charge in [-0.2, -0.15) is 0 Å². The van der Waals surface area contributed by atoms with E-state index in [0.717, 1.165) is 96.3 Å². The molecule has 0 nitrogen and oxygen atoms in total. The maximum Gasteiger partial charge on any atom is 0.113 e. The molecule has 0 saturated carbocycles. The van der Waals surface area contributed by atoms with Crippen LogP contribution in [0.1, 0.15) is 445 Å². The fraction of sp³-hybridized carbons (Fsp3) is 1.00. The van der Waals surface area contributed by atoms with E-state index in [2.05, 4.69) is 138 Å². The molecule has 0 spiro atoms. The summed E-state index contributed by atoms with van der Waals surface area (Å²) < 4.78 is 124. The Balaban J connectivity index is -0.000000130. The van der Waals surface area contributed by atoms with Crippen molar-refractivity contribution in [3.63, 3.8) is 0 Å². The van der Waals surface area contributed by atoms with Gasteiger partial charge in [-0.3, -0.25) is 0 Å². The van der Waals surface area contributed by atoms with Gasteiger partial charge in [-0.25, -0.2) is 39.5 Å². The Morgan fingerprint density at radius 1 is 0.224 bits per heavy atom. The van der Waals surface area contributed by atoms with Crippen molar-refractivity contribution in [1.29, 1.82) is 0 Å².